The van der Waals surface area contributed by atoms with Crippen LogP contribution >= 0.6 is 11.3 Å². The molecular formula is C31H43N3O4S. The largest absolute Gasteiger partial charge is 0.493 e. The molecule has 3 amide bonds. The average Bonchev–Trinajstić information content (AvgIpc) is 3.42. The molecule has 0 saturated heterocycles. The van der Waals surface area contributed by atoms with Crippen LogP contribution in [0, 0.1) is 17.8 Å². The third-order valence-corrected chi connectivity index (χ3v) is 9.78. The number of carbonyl (C=O) groups is 2. The van der Waals surface area contributed by atoms with Gasteiger partial charge in [-0.25, -0.2) is 4.79 Å². The molecule has 8 heteroatoms. The van der Waals surface area contributed by atoms with E-state index >= 15 is 0 Å². The van der Waals surface area contributed by atoms with Crippen LogP contribution in [0.1, 0.15) is 62.3 Å². The highest BCUT2D eigenvalue weighted by Gasteiger charge is 2.51. The van der Waals surface area contributed by atoms with Crippen molar-refractivity contribution in [3.63, 3.8) is 0 Å². The summed E-state index contributed by atoms with van der Waals surface area (Å²) < 4.78 is 10.8. The van der Waals surface area contributed by atoms with Crippen molar-refractivity contribution in [1.29, 1.82) is 0 Å². The van der Waals surface area contributed by atoms with Crippen LogP contribution in [0.15, 0.2) is 35.7 Å². The quantitative estimate of drug-likeness (QED) is 0.365. The van der Waals surface area contributed by atoms with Gasteiger partial charge in [-0.3, -0.25) is 4.79 Å². The number of amides is 3. The molecule has 0 unspecified atom stereocenters. The Bertz CT molecular complexity index is 1100. The van der Waals surface area contributed by atoms with Gasteiger partial charge in [0.05, 0.1) is 20.8 Å². The molecule has 1 N–H and O–H groups in total. The molecule has 39 heavy (non-hydrogen) atoms. The smallest absolute Gasteiger partial charge is 0.318 e. The first-order chi connectivity index (χ1) is 18.9. The summed E-state index contributed by atoms with van der Waals surface area (Å²) in [6, 6.07) is 9.89. The number of thiophene rings is 1. The summed E-state index contributed by atoms with van der Waals surface area (Å²) in [4.78, 5) is 32.1. The minimum atomic E-state index is -0.0666. The molecule has 7 nitrogen and oxygen atoms in total. The summed E-state index contributed by atoms with van der Waals surface area (Å²) in [5.41, 5.74) is 1.01. The van der Waals surface area contributed by atoms with Gasteiger partial charge >= 0.3 is 6.03 Å². The van der Waals surface area contributed by atoms with Crippen molar-refractivity contribution in [1.82, 2.24) is 15.1 Å². The molecule has 1 heterocycles. The molecule has 4 bridgehead atoms. The van der Waals surface area contributed by atoms with Gasteiger partial charge in [0.15, 0.2) is 11.5 Å². The highest BCUT2D eigenvalue weighted by atomic mass is 32.1. The number of carbonyl (C=O) groups excluding carboxylic acids is 2. The molecular weight excluding hydrogens is 510 g/mol. The van der Waals surface area contributed by atoms with E-state index in [2.05, 4.69) is 18.3 Å². The summed E-state index contributed by atoms with van der Waals surface area (Å²) in [7, 11) is 3.26. The number of benzene rings is 1. The van der Waals surface area contributed by atoms with Crippen molar-refractivity contribution in [2.45, 2.75) is 70.4 Å². The molecule has 0 aliphatic heterocycles. The van der Waals surface area contributed by atoms with E-state index in [-0.39, 0.29) is 24.0 Å². The van der Waals surface area contributed by atoms with Crippen LogP contribution in [-0.4, -0.2) is 61.1 Å². The van der Waals surface area contributed by atoms with Gasteiger partial charge in [-0.15, -0.1) is 11.3 Å². The van der Waals surface area contributed by atoms with Gasteiger partial charge in [-0.2, -0.15) is 0 Å². The zero-order valence-corrected chi connectivity index (χ0v) is 24.4. The van der Waals surface area contributed by atoms with E-state index in [0.29, 0.717) is 37.6 Å². The van der Waals surface area contributed by atoms with Gasteiger partial charge in [0.25, 0.3) is 0 Å². The second-order valence-corrected chi connectivity index (χ2v) is 12.9. The van der Waals surface area contributed by atoms with E-state index in [9.17, 15) is 9.59 Å². The third kappa shape index (κ3) is 6.53. The Hall–Kier alpha value is -2.74. The van der Waals surface area contributed by atoms with Crippen LogP contribution in [0.5, 0.6) is 11.5 Å². The van der Waals surface area contributed by atoms with Crippen molar-refractivity contribution in [2.24, 2.45) is 17.8 Å². The SMILES string of the molecule is CCCN(CC(=O)N(CCc1ccc(OC)c(OC)c1)Cc1cccs1)C(=O)NC12CC3CC(CC(C3)C1)C2. The summed E-state index contributed by atoms with van der Waals surface area (Å²) in [6.45, 7) is 3.84. The topological polar surface area (TPSA) is 71.1 Å². The zero-order valence-electron chi connectivity index (χ0n) is 23.6. The van der Waals surface area contributed by atoms with Crippen LogP contribution in [-0.2, 0) is 17.8 Å². The van der Waals surface area contributed by atoms with E-state index in [1.807, 2.05) is 34.5 Å². The maximum absolute atomic E-state index is 13.7. The Morgan fingerprint density at radius 3 is 2.26 bits per heavy atom. The lowest BCUT2D eigenvalue weighted by atomic mass is 9.53. The minimum Gasteiger partial charge on any atom is -0.493 e. The maximum Gasteiger partial charge on any atom is 0.318 e. The number of hydrogen-bond donors (Lipinski definition) is 1. The van der Waals surface area contributed by atoms with E-state index in [4.69, 9.17) is 9.47 Å². The first-order valence-corrected chi connectivity index (χ1v) is 15.4. The van der Waals surface area contributed by atoms with Gasteiger partial charge in [-0.1, -0.05) is 19.1 Å². The molecule has 4 fully saturated rings. The molecule has 0 atom stereocenters. The number of hydrogen-bond acceptors (Lipinski definition) is 5. The van der Waals surface area contributed by atoms with E-state index in [1.54, 1.807) is 30.5 Å². The molecule has 0 radical (unpaired) electrons. The van der Waals surface area contributed by atoms with Crippen LogP contribution in [0.2, 0.25) is 0 Å². The Kier molecular flexibility index (Phi) is 8.70. The third-order valence-electron chi connectivity index (χ3n) is 8.92. The van der Waals surface area contributed by atoms with Crippen molar-refractivity contribution in [3.8, 4) is 11.5 Å². The predicted octanol–water partition coefficient (Wildman–Crippen LogP) is 5.73. The lowest BCUT2D eigenvalue weighted by molar-refractivity contribution is -0.132. The Morgan fingerprint density at radius 2 is 1.67 bits per heavy atom. The van der Waals surface area contributed by atoms with Crippen LogP contribution < -0.4 is 14.8 Å². The van der Waals surface area contributed by atoms with E-state index in [1.165, 1.54) is 19.3 Å². The lowest BCUT2D eigenvalue weighted by Gasteiger charge is -2.57. The Morgan fingerprint density at radius 1 is 0.974 bits per heavy atom. The minimum absolute atomic E-state index is 0.0158. The fourth-order valence-corrected chi connectivity index (χ4v) is 8.26. The Labute approximate surface area is 236 Å². The monoisotopic (exact) mass is 553 g/mol. The lowest BCUT2D eigenvalue weighted by Crippen LogP contribution is -2.62. The number of urea groups is 1. The first-order valence-electron chi connectivity index (χ1n) is 14.5. The summed E-state index contributed by atoms with van der Waals surface area (Å²) in [5.74, 6) is 3.63. The molecule has 0 spiro atoms. The molecule has 6 rings (SSSR count). The van der Waals surface area contributed by atoms with Crippen molar-refractivity contribution in [2.75, 3.05) is 33.9 Å². The van der Waals surface area contributed by atoms with Crippen molar-refractivity contribution in [3.05, 3.63) is 46.2 Å². The van der Waals surface area contributed by atoms with Crippen LogP contribution in [0.3, 0.4) is 0 Å². The molecule has 4 aliphatic rings. The van der Waals surface area contributed by atoms with Gasteiger partial charge in [0, 0.05) is 23.5 Å². The molecule has 1 aromatic carbocycles. The number of nitrogens with one attached hydrogen (secondary N) is 1. The normalized spacial score (nSPS) is 24.8. The molecule has 212 valence electrons. The standard InChI is InChI=1S/C31H43N3O4S/c1-4-10-34(30(36)32-31-17-23-13-24(18-31)15-25(14-23)19-31)21-29(35)33(20-26-6-5-12-39-26)11-9-22-7-8-27(37-2)28(16-22)38-3/h5-8,12,16,23-25H,4,9-11,13-15,17-21H2,1-3H3,(H,32,36). The molecule has 2 aromatic rings. The van der Waals surface area contributed by atoms with Gasteiger partial charge in [0.2, 0.25) is 5.91 Å². The zero-order chi connectivity index (χ0) is 27.4. The number of nitrogens with zero attached hydrogens (tertiary/aromatic N) is 2. The fourth-order valence-electron chi connectivity index (χ4n) is 7.54. The summed E-state index contributed by atoms with van der Waals surface area (Å²) in [5, 5.41) is 5.51. The van der Waals surface area contributed by atoms with E-state index in [0.717, 1.165) is 53.9 Å². The molecule has 4 saturated carbocycles. The molecule has 4 aliphatic carbocycles. The summed E-state index contributed by atoms with van der Waals surface area (Å²) >= 11 is 1.65. The first kappa shape index (κ1) is 27.8. The van der Waals surface area contributed by atoms with Gasteiger partial charge in [-0.05, 0) is 98.3 Å². The molecule has 1 aromatic heterocycles. The second kappa shape index (κ2) is 12.2. The summed E-state index contributed by atoms with van der Waals surface area (Å²) in [6.07, 6.45) is 8.83. The van der Waals surface area contributed by atoms with E-state index < -0.39 is 0 Å². The maximum atomic E-state index is 13.7. The fraction of sp³-hybridized carbons (Fsp3) is 0.613. The number of methoxy groups -OCH3 is 2. The van der Waals surface area contributed by atoms with Gasteiger partial charge < -0.3 is 24.6 Å². The highest BCUT2D eigenvalue weighted by molar-refractivity contribution is 7.09. The average molecular weight is 554 g/mol. The second-order valence-electron chi connectivity index (χ2n) is 11.9. The van der Waals surface area contributed by atoms with Crippen LogP contribution in [0.25, 0.3) is 0 Å². The predicted molar refractivity (Wildman–Crippen MR) is 154 cm³/mol. The number of ether oxygens (including phenoxy) is 2. The Balaban J connectivity index is 1.26. The number of rotatable bonds is 12. The van der Waals surface area contributed by atoms with Crippen molar-refractivity contribution >= 4 is 23.3 Å². The van der Waals surface area contributed by atoms with Crippen LogP contribution in [0.4, 0.5) is 4.79 Å². The van der Waals surface area contributed by atoms with Gasteiger partial charge in [0.1, 0.15) is 6.54 Å². The van der Waals surface area contributed by atoms with Crippen molar-refractivity contribution < 1.29 is 19.1 Å². The highest BCUT2D eigenvalue weighted by Crippen LogP contribution is 2.55.